The molecule has 7 heteroatoms. The van der Waals surface area contributed by atoms with E-state index in [2.05, 4.69) is 31.8 Å². The minimum absolute atomic E-state index is 0.255. The number of hydrazone groups is 1. The third kappa shape index (κ3) is 3.11. The van der Waals surface area contributed by atoms with Crippen LogP contribution >= 0.6 is 28.1 Å². The zero-order valence-electron chi connectivity index (χ0n) is 9.70. The van der Waals surface area contributed by atoms with Crippen molar-refractivity contribution >= 4 is 39.5 Å². The Bertz CT molecular complexity index is 493. The van der Waals surface area contributed by atoms with Crippen molar-refractivity contribution < 1.29 is 9.47 Å². The molecule has 0 amide bonds. The second kappa shape index (κ2) is 6.01. The van der Waals surface area contributed by atoms with Crippen molar-refractivity contribution in [3.8, 4) is 11.5 Å². The summed E-state index contributed by atoms with van der Waals surface area (Å²) in [5.41, 5.74) is 3.60. The fourth-order valence-electron chi connectivity index (χ4n) is 1.39. The van der Waals surface area contributed by atoms with Crippen molar-refractivity contribution in [3.05, 3.63) is 22.2 Å². The van der Waals surface area contributed by atoms with E-state index in [0.29, 0.717) is 10.9 Å². The number of ether oxygens (including phenoxy) is 2. The Morgan fingerprint density at radius 1 is 1.50 bits per heavy atom. The van der Waals surface area contributed by atoms with Gasteiger partial charge < -0.3 is 14.8 Å². The van der Waals surface area contributed by atoms with Crippen molar-refractivity contribution in [2.75, 3.05) is 13.3 Å². The van der Waals surface area contributed by atoms with Crippen LogP contribution in [0.15, 0.2) is 21.7 Å². The summed E-state index contributed by atoms with van der Waals surface area (Å²) < 4.78 is 11.4. The van der Waals surface area contributed by atoms with Crippen LogP contribution in [0.25, 0.3) is 0 Å². The maximum atomic E-state index is 5.30. The lowest BCUT2D eigenvalue weighted by molar-refractivity contribution is 0.174. The van der Waals surface area contributed by atoms with E-state index in [1.54, 1.807) is 6.21 Å². The quantitative estimate of drug-likeness (QED) is 0.504. The van der Waals surface area contributed by atoms with Crippen molar-refractivity contribution in [1.82, 2.24) is 10.7 Å². The SMILES string of the molecule is CCNC(=S)N/N=C/c1cc2c(cc1Br)OCO2. The molecule has 96 valence electrons. The van der Waals surface area contributed by atoms with Gasteiger partial charge in [-0.2, -0.15) is 5.10 Å². The van der Waals surface area contributed by atoms with Crippen molar-refractivity contribution in [2.24, 2.45) is 5.10 Å². The third-order valence-corrected chi connectivity index (χ3v) is 3.12. The van der Waals surface area contributed by atoms with E-state index in [1.165, 1.54) is 0 Å². The zero-order chi connectivity index (χ0) is 13.0. The number of nitrogens with one attached hydrogen (secondary N) is 2. The van der Waals surface area contributed by atoms with E-state index in [-0.39, 0.29) is 6.79 Å². The molecule has 0 unspecified atom stereocenters. The molecule has 2 N–H and O–H groups in total. The predicted molar refractivity (Wildman–Crippen MR) is 77.3 cm³/mol. The Hall–Kier alpha value is -1.34. The molecule has 5 nitrogen and oxygen atoms in total. The summed E-state index contributed by atoms with van der Waals surface area (Å²) in [5.74, 6) is 1.45. The van der Waals surface area contributed by atoms with Gasteiger partial charge in [0, 0.05) is 16.6 Å². The Morgan fingerprint density at radius 2 is 2.22 bits per heavy atom. The summed E-state index contributed by atoms with van der Waals surface area (Å²) in [4.78, 5) is 0. The van der Waals surface area contributed by atoms with Crippen LogP contribution in [0.5, 0.6) is 11.5 Å². The smallest absolute Gasteiger partial charge is 0.231 e. The molecule has 1 aliphatic rings. The highest BCUT2D eigenvalue weighted by Gasteiger charge is 2.15. The largest absolute Gasteiger partial charge is 0.454 e. The van der Waals surface area contributed by atoms with Crippen LogP contribution in [0, 0.1) is 0 Å². The summed E-state index contributed by atoms with van der Waals surface area (Å²) in [6, 6.07) is 3.71. The molecule has 0 saturated heterocycles. The van der Waals surface area contributed by atoms with E-state index in [1.807, 2.05) is 19.1 Å². The van der Waals surface area contributed by atoms with E-state index >= 15 is 0 Å². The van der Waals surface area contributed by atoms with Gasteiger partial charge in [0.05, 0.1) is 6.21 Å². The van der Waals surface area contributed by atoms with Gasteiger partial charge in [0.25, 0.3) is 0 Å². The number of hydrogen-bond donors (Lipinski definition) is 2. The van der Waals surface area contributed by atoms with Gasteiger partial charge in [-0.25, -0.2) is 0 Å². The highest BCUT2D eigenvalue weighted by Crippen LogP contribution is 2.36. The summed E-state index contributed by atoms with van der Waals surface area (Å²) in [7, 11) is 0. The van der Waals surface area contributed by atoms with Crippen LogP contribution < -0.4 is 20.2 Å². The maximum Gasteiger partial charge on any atom is 0.231 e. The summed E-state index contributed by atoms with van der Waals surface area (Å²) in [6.45, 7) is 2.98. The minimum Gasteiger partial charge on any atom is -0.454 e. The molecule has 0 atom stereocenters. The number of thiocarbonyl (C=S) groups is 1. The van der Waals surface area contributed by atoms with Crippen LogP contribution in [-0.4, -0.2) is 24.7 Å². The zero-order valence-corrected chi connectivity index (χ0v) is 12.1. The third-order valence-electron chi connectivity index (χ3n) is 2.20. The van der Waals surface area contributed by atoms with Crippen LogP contribution in [0.3, 0.4) is 0 Å². The van der Waals surface area contributed by atoms with Crippen molar-refractivity contribution in [2.45, 2.75) is 6.92 Å². The fraction of sp³-hybridized carbons (Fsp3) is 0.273. The molecule has 0 radical (unpaired) electrons. The van der Waals surface area contributed by atoms with Crippen LogP contribution in [0.2, 0.25) is 0 Å². The van der Waals surface area contributed by atoms with Gasteiger partial charge in [0.15, 0.2) is 16.6 Å². The van der Waals surface area contributed by atoms with Gasteiger partial charge >= 0.3 is 0 Å². The van der Waals surface area contributed by atoms with Gasteiger partial charge in [0.2, 0.25) is 6.79 Å². The Kier molecular flexibility index (Phi) is 4.38. The van der Waals surface area contributed by atoms with Crippen LogP contribution in [0.1, 0.15) is 12.5 Å². The lowest BCUT2D eigenvalue weighted by Gasteiger charge is -2.04. The monoisotopic (exact) mass is 329 g/mol. The molecule has 1 heterocycles. The molecular weight excluding hydrogens is 318 g/mol. The van der Waals surface area contributed by atoms with E-state index < -0.39 is 0 Å². The number of nitrogens with zero attached hydrogens (tertiary/aromatic N) is 1. The van der Waals surface area contributed by atoms with Gasteiger partial charge in [0.1, 0.15) is 0 Å². The molecule has 1 aromatic carbocycles. The van der Waals surface area contributed by atoms with Crippen molar-refractivity contribution in [1.29, 1.82) is 0 Å². The lowest BCUT2D eigenvalue weighted by atomic mass is 10.2. The minimum atomic E-state index is 0.255. The first-order valence-corrected chi connectivity index (χ1v) is 6.57. The molecular formula is C11H12BrN3O2S. The Morgan fingerprint density at radius 3 is 2.94 bits per heavy atom. The fourth-order valence-corrected chi connectivity index (χ4v) is 2.01. The number of halogens is 1. The molecule has 2 rings (SSSR count). The maximum absolute atomic E-state index is 5.30. The number of rotatable bonds is 3. The first-order valence-electron chi connectivity index (χ1n) is 5.36. The summed E-state index contributed by atoms with van der Waals surface area (Å²) in [6.07, 6.45) is 1.66. The van der Waals surface area contributed by atoms with Gasteiger partial charge in [-0.1, -0.05) is 0 Å². The highest BCUT2D eigenvalue weighted by molar-refractivity contribution is 9.10. The van der Waals surface area contributed by atoms with E-state index in [4.69, 9.17) is 21.7 Å². The molecule has 0 fully saturated rings. The molecule has 1 aromatic rings. The van der Waals surface area contributed by atoms with Crippen LogP contribution in [0.4, 0.5) is 0 Å². The molecule has 18 heavy (non-hydrogen) atoms. The molecule has 0 aliphatic carbocycles. The van der Waals surface area contributed by atoms with Crippen molar-refractivity contribution in [3.63, 3.8) is 0 Å². The molecule has 0 aromatic heterocycles. The second-order valence-electron chi connectivity index (χ2n) is 3.46. The number of fused-ring (bicyclic) bond motifs is 1. The standard InChI is InChI=1S/C11H12BrN3O2S/c1-2-13-11(18)15-14-5-7-3-9-10(4-8(7)12)17-6-16-9/h3-5H,2,6H2,1H3,(H2,13,15,18)/b14-5+. The predicted octanol–water partition coefficient (Wildman–Crippen LogP) is 2.00. The Balaban J connectivity index is 2.05. The average Bonchev–Trinajstić information content (AvgIpc) is 2.76. The van der Waals surface area contributed by atoms with E-state index in [0.717, 1.165) is 22.3 Å². The molecule has 0 saturated carbocycles. The number of benzene rings is 1. The molecule has 0 bridgehead atoms. The second-order valence-corrected chi connectivity index (χ2v) is 4.72. The molecule has 1 aliphatic heterocycles. The summed E-state index contributed by atoms with van der Waals surface area (Å²) >= 11 is 8.43. The summed E-state index contributed by atoms with van der Waals surface area (Å²) in [5, 5.41) is 7.47. The van der Waals surface area contributed by atoms with E-state index in [9.17, 15) is 0 Å². The first kappa shape index (κ1) is 13.1. The number of hydrogen-bond acceptors (Lipinski definition) is 4. The topological polar surface area (TPSA) is 54.9 Å². The molecule has 0 spiro atoms. The first-order chi connectivity index (χ1) is 8.70. The normalized spacial score (nSPS) is 12.8. The highest BCUT2D eigenvalue weighted by atomic mass is 79.9. The van der Waals surface area contributed by atoms with Crippen LogP contribution in [-0.2, 0) is 0 Å². The van der Waals surface area contributed by atoms with Gasteiger partial charge in [-0.3, -0.25) is 5.43 Å². The van der Waals surface area contributed by atoms with Gasteiger partial charge in [-0.15, -0.1) is 0 Å². The lowest BCUT2D eigenvalue weighted by Crippen LogP contribution is -2.31. The van der Waals surface area contributed by atoms with Gasteiger partial charge in [-0.05, 0) is 47.2 Å². The Labute approximate surface area is 119 Å². The average molecular weight is 330 g/mol.